The van der Waals surface area contributed by atoms with E-state index in [1.165, 1.54) is 0 Å². The Balaban J connectivity index is 2.62. The highest BCUT2D eigenvalue weighted by atomic mass is 16.1. The Labute approximate surface area is 150 Å². The highest BCUT2D eigenvalue weighted by Crippen LogP contribution is 2.30. The molecule has 4 heteroatoms. The summed E-state index contributed by atoms with van der Waals surface area (Å²) in [4.78, 5) is 12.9. The number of hydrogen-bond acceptors (Lipinski definition) is 3. The lowest BCUT2D eigenvalue weighted by Crippen LogP contribution is -2.16. The zero-order valence-corrected chi connectivity index (χ0v) is 15.8. The quantitative estimate of drug-likeness (QED) is 0.654. The number of Topliss-reactive ketones (excluding diaryl/α,β-unsaturated/α-hetero) is 1. The van der Waals surface area contributed by atoms with Gasteiger partial charge in [-0.1, -0.05) is 39.8 Å². The Bertz CT molecular complexity index is 779. The molecule has 0 saturated heterocycles. The number of hydrogen-bond donors (Lipinski definition) is 0. The largest absolute Gasteiger partial charge is 0.292 e. The molecule has 4 nitrogen and oxygen atoms in total. The molecular formula is C21H27N3O. The first-order chi connectivity index (χ1) is 11.9. The minimum atomic E-state index is 0.166. The van der Waals surface area contributed by atoms with Gasteiger partial charge in [-0.2, -0.15) is 10.4 Å². The highest BCUT2D eigenvalue weighted by molar-refractivity contribution is 5.97. The molecule has 0 bridgehead atoms. The van der Waals surface area contributed by atoms with Crippen LogP contribution >= 0.6 is 0 Å². The molecule has 1 heterocycles. The summed E-state index contributed by atoms with van der Waals surface area (Å²) in [5.41, 5.74) is 4.20. The van der Waals surface area contributed by atoms with Crippen molar-refractivity contribution < 1.29 is 4.79 Å². The van der Waals surface area contributed by atoms with Gasteiger partial charge >= 0.3 is 0 Å². The summed E-state index contributed by atoms with van der Waals surface area (Å²) in [6.07, 6.45) is 2.20. The summed E-state index contributed by atoms with van der Waals surface area (Å²) in [6.45, 7) is 10.4. The third-order valence-electron chi connectivity index (χ3n) is 4.52. The number of nitriles is 1. The van der Waals surface area contributed by atoms with Crippen molar-refractivity contribution in [1.82, 2.24) is 9.78 Å². The molecule has 132 valence electrons. The molecule has 0 N–H and O–H groups in total. The third-order valence-corrected chi connectivity index (χ3v) is 4.52. The maximum absolute atomic E-state index is 12.9. The van der Waals surface area contributed by atoms with Gasteiger partial charge in [-0.15, -0.1) is 0 Å². The maximum atomic E-state index is 12.9. The summed E-state index contributed by atoms with van der Waals surface area (Å²) < 4.78 is 1.91. The van der Waals surface area contributed by atoms with Crippen molar-refractivity contribution in [2.45, 2.75) is 59.9 Å². The molecule has 0 amide bonds. The summed E-state index contributed by atoms with van der Waals surface area (Å²) in [5.74, 6) is 0.482. The Kier molecular flexibility index (Phi) is 6.14. The SMILES string of the molecule is CCc1c(-c2ccc(C#N)cc2)nn(C(C)CC)c1C(=O)CC(C)C. The van der Waals surface area contributed by atoms with Crippen LogP contribution in [0, 0.1) is 17.2 Å². The topological polar surface area (TPSA) is 58.7 Å². The first-order valence-corrected chi connectivity index (χ1v) is 9.07. The van der Waals surface area contributed by atoms with E-state index in [2.05, 4.69) is 40.7 Å². The molecule has 0 aliphatic carbocycles. The fourth-order valence-corrected chi connectivity index (χ4v) is 2.99. The first-order valence-electron chi connectivity index (χ1n) is 9.07. The standard InChI is InChI=1S/C21H27N3O/c1-6-15(5)24-21(19(25)12-14(3)4)18(7-2)20(23-24)17-10-8-16(13-22)9-11-17/h8-11,14-15H,6-7,12H2,1-5H3. The number of nitrogens with zero attached hydrogens (tertiary/aromatic N) is 3. The fourth-order valence-electron chi connectivity index (χ4n) is 2.99. The molecular weight excluding hydrogens is 310 g/mol. The minimum Gasteiger partial charge on any atom is -0.292 e. The van der Waals surface area contributed by atoms with E-state index in [1.54, 1.807) is 12.1 Å². The number of carbonyl (C=O) groups is 1. The van der Waals surface area contributed by atoms with Crippen molar-refractivity contribution in [3.05, 3.63) is 41.1 Å². The van der Waals surface area contributed by atoms with Crippen LogP contribution in [0.5, 0.6) is 0 Å². The minimum absolute atomic E-state index is 0.166. The molecule has 0 spiro atoms. The maximum Gasteiger partial charge on any atom is 0.181 e. The molecule has 2 rings (SSSR count). The van der Waals surface area contributed by atoms with Crippen LogP contribution in [0.25, 0.3) is 11.3 Å². The van der Waals surface area contributed by atoms with E-state index >= 15 is 0 Å². The molecule has 0 saturated carbocycles. The van der Waals surface area contributed by atoms with Crippen LogP contribution in [0.3, 0.4) is 0 Å². The van der Waals surface area contributed by atoms with Gasteiger partial charge in [-0.3, -0.25) is 9.48 Å². The Morgan fingerprint density at radius 2 is 1.84 bits per heavy atom. The Morgan fingerprint density at radius 1 is 1.20 bits per heavy atom. The van der Waals surface area contributed by atoms with E-state index in [-0.39, 0.29) is 11.8 Å². The lowest BCUT2D eigenvalue weighted by molar-refractivity contribution is 0.0954. The molecule has 0 aliphatic rings. The van der Waals surface area contributed by atoms with Crippen molar-refractivity contribution in [2.24, 2.45) is 5.92 Å². The van der Waals surface area contributed by atoms with Crippen LogP contribution in [0.2, 0.25) is 0 Å². The summed E-state index contributed by atoms with van der Waals surface area (Å²) >= 11 is 0. The van der Waals surface area contributed by atoms with Gasteiger partial charge in [-0.05, 0) is 37.8 Å². The second-order valence-electron chi connectivity index (χ2n) is 6.94. The molecule has 1 unspecified atom stereocenters. The predicted molar refractivity (Wildman–Crippen MR) is 101 cm³/mol. The second kappa shape index (κ2) is 8.11. The molecule has 2 aromatic rings. The molecule has 1 atom stereocenters. The Morgan fingerprint density at radius 3 is 2.32 bits per heavy atom. The zero-order chi connectivity index (χ0) is 18.6. The Hall–Kier alpha value is -2.41. The number of ketones is 1. The van der Waals surface area contributed by atoms with Crippen molar-refractivity contribution in [3.63, 3.8) is 0 Å². The zero-order valence-electron chi connectivity index (χ0n) is 15.8. The summed E-state index contributed by atoms with van der Waals surface area (Å²) in [6, 6.07) is 9.73. The van der Waals surface area contributed by atoms with E-state index in [1.807, 2.05) is 16.8 Å². The number of benzene rings is 1. The van der Waals surface area contributed by atoms with Crippen LogP contribution in [0.4, 0.5) is 0 Å². The van der Waals surface area contributed by atoms with Crippen LogP contribution in [-0.2, 0) is 6.42 Å². The van der Waals surface area contributed by atoms with E-state index in [0.717, 1.165) is 35.4 Å². The van der Waals surface area contributed by atoms with E-state index < -0.39 is 0 Å². The van der Waals surface area contributed by atoms with Gasteiger partial charge in [0, 0.05) is 23.6 Å². The second-order valence-corrected chi connectivity index (χ2v) is 6.94. The fraction of sp³-hybridized carbons (Fsp3) is 0.476. The monoisotopic (exact) mass is 337 g/mol. The highest BCUT2D eigenvalue weighted by Gasteiger charge is 2.25. The van der Waals surface area contributed by atoms with Crippen molar-refractivity contribution >= 4 is 5.78 Å². The first kappa shape index (κ1) is 18.9. The van der Waals surface area contributed by atoms with Gasteiger partial charge in [0.2, 0.25) is 0 Å². The number of carbonyl (C=O) groups excluding carboxylic acids is 1. The third kappa shape index (κ3) is 3.99. The average Bonchev–Trinajstić information content (AvgIpc) is 3.00. The normalized spacial score (nSPS) is 12.2. The summed E-state index contributed by atoms with van der Waals surface area (Å²) in [5, 5.41) is 13.8. The number of aromatic nitrogens is 2. The molecule has 0 radical (unpaired) electrons. The van der Waals surface area contributed by atoms with Gasteiger partial charge < -0.3 is 0 Å². The van der Waals surface area contributed by atoms with E-state index in [4.69, 9.17) is 10.4 Å². The van der Waals surface area contributed by atoms with Gasteiger partial charge in [0.15, 0.2) is 5.78 Å². The van der Waals surface area contributed by atoms with Crippen LogP contribution in [-0.4, -0.2) is 15.6 Å². The molecule has 1 aromatic carbocycles. The van der Waals surface area contributed by atoms with E-state index in [0.29, 0.717) is 17.9 Å². The molecule has 0 aliphatic heterocycles. The lowest BCUT2D eigenvalue weighted by atomic mass is 9.97. The summed E-state index contributed by atoms with van der Waals surface area (Å²) in [7, 11) is 0. The van der Waals surface area contributed by atoms with Gasteiger partial charge in [0.1, 0.15) is 5.69 Å². The van der Waals surface area contributed by atoms with Gasteiger partial charge in [0.05, 0.1) is 17.3 Å². The van der Waals surface area contributed by atoms with Crippen molar-refractivity contribution in [3.8, 4) is 17.3 Å². The van der Waals surface area contributed by atoms with Crippen molar-refractivity contribution in [1.29, 1.82) is 5.26 Å². The molecule has 25 heavy (non-hydrogen) atoms. The molecule has 0 fully saturated rings. The van der Waals surface area contributed by atoms with Crippen LogP contribution < -0.4 is 0 Å². The lowest BCUT2D eigenvalue weighted by Gasteiger charge is -2.14. The van der Waals surface area contributed by atoms with Crippen LogP contribution in [0.15, 0.2) is 24.3 Å². The smallest absolute Gasteiger partial charge is 0.181 e. The number of rotatable bonds is 7. The van der Waals surface area contributed by atoms with Gasteiger partial charge in [-0.25, -0.2) is 0 Å². The predicted octanol–water partition coefficient (Wildman–Crippen LogP) is 5.18. The average molecular weight is 337 g/mol. The van der Waals surface area contributed by atoms with Crippen molar-refractivity contribution in [2.75, 3.05) is 0 Å². The van der Waals surface area contributed by atoms with Crippen LogP contribution in [0.1, 0.15) is 75.1 Å². The van der Waals surface area contributed by atoms with E-state index in [9.17, 15) is 4.79 Å². The molecule has 1 aromatic heterocycles. The van der Waals surface area contributed by atoms with Gasteiger partial charge in [0.25, 0.3) is 0 Å².